The number of pyridine rings is 1. The van der Waals surface area contributed by atoms with Gasteiger partial charge in [-0.15, -0.1) is 0 Å². The van der Waals surface area contributed by atoms with Gasteiger partial charge in [-0.1, -0.05) is 30.3 Å². The molecule has 0 radical (unpaired) electrons. The van der Waals surface area contributed by atoms with Crippen molar-refractivity contribution in [1.82, 2.24) is 4.90 Å². The Labute approximate surface area is 130 Å². The lowest BCUT2D eigenvalue weighted by molar-refractivity contribution is -0.608. The molecule has 0 bridgehead atoms. The largest absolute Gasteiger partial charge is 0.618 e. The second kappa shape index (κ2) is 6.58. The molecule has 1 N–H and O–H groups in total. The zero-order valence-corrected chi connectivity index (χ0v) is 12.9. The number of nitrogens with zero attached hydrogens (tertiary/aromatic N) is 2. The van der Waals surface area contributed by atoms with Crippen molar-refractivity contribution in [2.45, 2.75) is 26.0 Å². The van der Waals surface area contributed by atoms with Gasteiger partial charge in [0.1, 0.15) is 0 Å². The minimum Gasteiger partial charge on any atom is -0.618 e. The van der Waals surface area contributed by atoms with Crippen LogP contribution < -0.4 is 4.73 Å². The van der Waals surface area contributed by atoms with E-state index in [0.29, 0.717) is 10.3 Å². The van der Waals surface area contributed by atoms with Gasteiger partial charge in [0.2, 0.25) is 0 Å². The van der Waals surface area contributed by atoms with E-state index < -0.39 is 18.1 Å². The van der Waals surface area contributed by atoms with Crippen molar-refractivity contribution in [3.8, 4) is 0 Å². The first-order chi connectivity index (χ1) is 10.4. The average Bonchev–Trinajstić information content (AvgIpc) is 2.53. The second-order valence-electron chi connectivity index (χ2n) is 5.38. The van der Waals surface area contributed by atoms with Crippen LogP contribution in [0.15, 0.2) is 48.7 Å². The summed E-state index contributed by atoms with van der Waals surface area (Å²) in [4.78, 5) is 14.0. The summed E-state index contributed by atoms with van der Waals surface area (Å²) in [6, 6.07) is 12.0. The van der Waals surface area contributed by atoms with Crippen molar-refractivity contribution in [3.63, 3.8) is 0 Å². The highest BCUT2D eigenvalue weighted by Gasteiger charge is 2.29. The highest BCUT2D eigenvalue weighted by molar-refractivity contribution is 5.92. The lowest BCUT2D eigenvalue weighted by Gasteiger charge is -2.28. The standard InChI is InChI=1S/C17H20N2O3/c1-12-8-7-11-19(22)15(12)17(21)18(3)13(2)16(20)14-9-5-4-6-10-14/h4-11,13,16,20H,1-3H3. The molecule has 0 aliphatic carbocycles. The zero-order chi connectivity index (χ0) is 16.3. The number of aliphatic hydroxyl groups excluding tert-OH is 1. The molecule has 2 rings (SSSR count). The molecule has 1 heterocycles. The summed E-state index contributed by atoms with van der Waals surface area (Å²) in [5.74, 6) is -0.407. The number of likely N-dealkylation sites (N-methyl/N-ethyl adjacent to an activating group) is 1. The van der Waals surface area contributed by atoms with Crippen LogP contribution in [0.3, 0.4) is 0 Å². The molecule has 1 aromatic carbocycles. The smallest absolute Gasteiger partial charge is 0.320 e. The average molecular weight is 300 g/mol. The number of aromatic nitrogens is 1. The first-order valence-corrected chi connectivity index (χ1v) is 7.12. The van der Waals surface area contributed by atoms with Gasteiger partial charge < -0.3 is 15.2 Å². The molecule has 1 aromatic heterocycles. The van der Waals surface area contributed by atoms with Crippen molar-refractivity contribution < 1.29 is 14.6 Å². The summed E-state index contributed by atoms with van der Waals surface area (Å²) in [7, 11) is 1.59. The monoisotopic (exact) mass is 300 g/mol. The molecule has 116 valence electrons. The number of carbonyl (C=O) groups excluding carboxylic acids is 1. The van der Waals surface area contributed by atoms with Gasteiger partial charge in [0.15, 0.2) is 6.20 Å². The van der Waals surface area contributed by atoms with Crippen LogP contribution in [0.4, 0.5) is 0 Å². The number of benzene rings is 1. The summed E-state index contributed by atoms with van der Waals surface area (Å²) in [6.07, 6.45) is 0.478. The fraction of sp³-hybridized carbons (Fsp3) is 0.294. The van der Waals surface area contributed by atoms with Crippen LogP contribution in [0, 0.1) is 12.1 Å². The molecule has 2 aromatic rings. The first kappa shape index (κ1) is 16.0. The number of hydrogen-bond acceptors (Lipinski definition) is 3. The SMILES string of the molecule is Cc1ccc[n+]([O-])c1C(=O)N(C)C(C)C(O)c1ccccc1. The van der Waals surface area contributed by atoms with Crippen molar-refractivity contribution in [2.75, 3.05) is 7.05 Å². The third-order valence-electron chi connectivity index (χ3n) is 3.89. The Morgan fingerprint density at radius 2 is 1.86 bits per heavy atom. The fourth-order valence-electron chi connectivity index (χ4n) is 2.35. The third kappa shape index (κ3) is 3.09. The Kier molecular flexibility index (Phi) is 4.78. The molecule has 2 atom stereocenters. The molecule has 0 aliphatic rings. The van der Waals surface area contributed by atoms with E-state index in [1.807, 2.05) is 18.2 Å². The predicted octanol–water partition coefficient (Wildman–Crippen LogP) is 1.82. The Hall–Kier alpha value is -2.40. The Bertz CT molecular complexity index is 638. The predicted molar refractivity (Wildman–Crippen MR) is 83.1 cm³/mol. The number of aliphatic hydroxyl groups is 1. The van der Waals surface area contributed by atoms with E-state index in [0.717, 1.165) is 5.56 Å². The van der Waals surface area contributed by atoms with Gasteiger partial charge in [0.05, 0.1) is 12.1 Å². The van der Waals surface area contributed by atoms with E-state index in [1.165, 1.54) is 11.1 Å². The minimum atomic E-state index is -0.820. The van der Waals surface area contributed by atoms with Gasteiger partial charge >= 0.3 is 5.91 Å². The van der Waals surface area contributed by atoms with E-state index in [4.69, 9.17) is 0 Å². The molecule has 5 heteroatoms. The van der Waals surface area contributed by atoms with Crippen molar-refractivity contribution in [2.24, 2.45) is 0 Å². The Morgan fingerprint density at radius 1 is 1.23 bits per heavy atom. The molecular formula is C17H20N2O3. The zero-order valence-electron chi connectivity index (χ0n) is 12.9. The summed E-state index contributed by atoms with van der Waals surface area (Å²) >= 11 is 0. The number of rotatable bonds is 4. The van der Waals surface area contributed by atoms with E-state index in [1.54, 1.807) is 45.2 Å². The number of carbonyl (C=O) groups is 1. The summed E-state index contributed by atoms with van der Waals surface area (Å²) < 4.78 is 0.565. The van der Waals surface area contributed by atoms with Crippen LogP contribution in [0.2, 0.25) is 0 Å². The van der Waals surface area contributed by atoms with Gasteiger partial charge in [-0.2, -0.15) is 4.73 Å². The Balaban J connectivity index is 2.23. The maximum Gasteiger partial charge on any atom is 0.320 e. The van der Waals surface area contributed by atoms with Gasteiger partial charge in [-0.25, -0.2) is 0 Å². The van der Waals surface area contributed by atoms with Crippen molar-refractivity contribution in [1.29, 1.82) is 0 Å². The lowest BCUT2D eigenvalue weighted by Crippen LogP contribution is -2.45. The van der Waals surface area contributed by atoms with Crippen LogP contribution in [-0.2, 0) is 0 Å². The topological polar surface area (TPSA) is 67.5 Å². The molecular weight excluding hydrogens is 280 g/mol. The molecule has 22 heavy (non-hydrogen) atoms. The van der Waals surface area contributed by atoms with E-state index in [2.05, 4.69) is 0 Å². The molecule has 0 fully saturated rings. The van der Waals surface area contributed by atoms with Gasteiger partial charge in [-0.05, 0) is 25.5 Å². The van der Waals surface area contributed by atoms with Crippen LogP contribution in [0.25, 0.3) is 0 Å². The van der Waals surface area contributed by atoms with Gasteiger partial charge in [0.25, 0.3) is 5.69 Å². The highest BCUT2D eigenvalue weighted by atomic mass is 16.5. The molecule has 0 saturated carbocycles. The van der Waals surface area contributed by atoms with E-state index >= 15 is 0 Å². The van der Waals surface area contributed by atoms with Crippen LogP contribution in [-0.4, -0.2) is 29.0 Å². The van der Waals surface area contributed by atoms with Gasteiger partial charge in [0, 0.05) is 18.7 Å². The number of amides is 1. The highest BCUT2D eigenvalue weighted by Crippen LogP contribution is 2.21. The summed E-state index contributed by atoms with van der Waals surface area (Å²) in [5.41, 5.74) is 1.42. The normalized spacial score (nSPS) is 13.5. The summed E-state index contributed by atoms with van der Waals surface area (Å²) in [6.45, 7) is 3.47. The molecule has 2 unspecified atom stereocenters. The number of hydrogen-bond donors (Lipinski definition) is 1. The fourth-order valence-corrected chi connectivity index (χ4v) is 2.35. The second-order valence-corrected chi connectivity index (χ2v) is 5.38. The third-order valence-corrected chi connectivity index (χ3v) is 3.89. The quantitative estimate of drug-likeness (QED) is 0.692. The van der Waals surface area contributed by atoms with Gasteiger partial charge in [-0.3, -0.25) is 4.79 Å². The van der Waals surface area contributed by atoms with Crippen LogP contribution in [0.5, 0.6) is 0 Å². The minimum absolute atomic E-state index is 0.0807. The molecule has 0 aliphatic heterocycles. The summed E-state index contributed by atoms with van der Waals surface area (Å²) in [5, 5.41) is 22.3. The van der Waals surface area contributed by atoms with E-state index in [-0.39, 0.29) is 5.69 Å². The number of aryl methyl sites for hydroxylation is 1. The van der Waals surface area contributed by atoms with Crippen LogP contribution >= 0.6 is 0 Å². The molecule has 0 spiro atoms. The molecule has 1 amide bonds. The van der Waals surface area contributed by atoms with E-state index in [9.17, 15) is 15.1 Å². The van der Waals surface area contributed by atoms with Crippen molar-refractivity contribution >= 4 is 5.91 Å². The lowest BCUT2D eigenvalue weighted by atomic mass is 10.0. The first-order valence-electron chi connectivity index (χ1n) is 7.12. The van der Waals surface area contributed by atoms with Crippen LogP contribution in [0.1, 0.15) is 34.6 Å². The Morgan fingerprint density at radius 3 is 2.45 bits per heavy atom. The molecule has 0 saturated heterocycles. The molecule has 5 nitrogen and oxygen atoms in total. The maximum absolute atomic E-state index is 12.6. The van der Waals surface area contributed by atoms with Crippen molar-refractivity contribution in [3.05, 3.63) is 70.7 Å². The maximum atomic E-state index is 12.6.